The van der Waals surface area contributed by atoms with Crippen LogP contribution in [0.1, 0.15) is 54.8 Å². The lowest BCUT2D eigenvalue weighted by molar-refractivity contribution is -0.143. The number of phosphoric acid groups is 1. The van der Waals surface area contributed by atoms with Gasteiger partial charge in [0.05, 0.1) is 40.4 Å². The number of esters is 1. The molecule has 0 bridgehead atoms. The number of ketones is 1. The van der Waals surface area contributed by atoms with E-state index in [9.17, 15) is 18.9 Å². The molecule has 0 aliphatic carbocycles. The zero-order valence-electron chi connectivity index (χ0n) is 27.6. The van der Waals surface area contributed by atoms with Gasteiger partial charge in [-0.15, -0.1) is 0 Å². The SMILES string of the molecule is COC(=O)[C@H](Cc1ccc(OP(=O)(OCCC#N)O[C@@H](C(=O)c2ccccc2)c2cc(OC)cc(OC)c2)cc1)NC(=O)OC(C)(C)C. The number of rotatable bonds is 16. The molecule has 0 fully saturated rings. The number of nitrogens with zero attached hydrogens (tertiary/aromatic N) is 1. The number of phosphoric ester groups is 1. The third kappa shape index (κ3) is 11.4. The van der Waals surface area contributed by atoms with Gasteiger partial charge in [-0.3, -0.25) is 13.8 Å². The summed E-state index contributed by atoms with van der Waals surface area (Å²) < 4.78 is 52.2. The molecule has 3 aromatic rings. The molecule has 0 radical (unpaired) electrons. The van der Waals surface area contributed by atoms with Crippen molar-refractivity contribution in [3.05, 3.63) is 89.5 Å². The molecule has 0 aromatic heterocycles. The Labute approximate surface area is 279 Å². The molecule has 13 nitrogen and oxygen atoms in total. The number of methoxy groups -OCH3 is 3. The summed E-state index contributed by atoms with van der Waals surface area (Å²) in [6.45, 7) is 4.76. The van der Waals surface area contributed by atoms with Gasteiger partial charge in [-0.2, -0.15) is 5.26 Å². The predicted molar refractivity (Wildman–Crippen MR) is 174 cm³/mol. The summed E-state index contributed by atoms with van der Waals surface area (Å²) in [5.74, 6) is -0.514. The fraction of sp³-hybridized carbons (Fsp3) is 0.353. The number of hydrogen-bond donors (Lipinski definition) is 1. The van der Waals surface area contributed by atoms with Gasteiger partial charge in [-0.25, -0.2) is 14.2 Å². The largest absolute Gasteiger partial charge is 0.531 e. The molecule has 48 heavy (non-hydrogen) atoms. The molecule has 0 saturated heterocycles. The molecule has 1 unspecified atom stereocenters. The van der Waals surface area contributed by atoms with Crippen LogP contribution in [0.15, 0.2) is 72.8 Å². The minimum absolute atomic E-state index is 0.0305. The maximum absolute atomic E-state index is 14.2. The Morgan fingerprint density at radius 2 is 1.52 bits per heavy atom. The first-order valence-corrected chi connectivity index (χ1v) is 16.2. The van der Waals surface area contributed by atoms with Crippen molar-refractivity contribution in [2.45, 2.75) is 51.4 Å². The smallest absolute Gasteiger partial charge is 0.497 e. The van der Waals surface area contributed by atoms with Crippen LogP contribution in [0.25, 0.3) is 0 Å². The zero-order chi connectivity index (χ0) is 35.3. The quantitative estimate of drug-likeness (QED) is 0.0768. The number of benzene rings is 3. The summed E-state index contributed by atoms with van der Waals surface area (Å²) in [4.78, 5) is 38.5. The molecular weight excluding hydrogens is 643 g/mol. The number of hydrogen-bond acceptors (Lipinski definition) is 12. The lowest BCUT2D eigenvalue weighted by Gasteiger charge is -2.24. The maximum Gasteiger partial charge on any atom is 0.531 e. The van der Waals surface area contributed by atoms with Crippen LogP contribution < -0.4 is 19.3 Å². The molecule has 1 N–H and O–H groups in total. The van der Waals surface area contributed by atoms with E-state index < -0.39 is 43.4 Å². The van der Waals surface area contributed by atoms with Crippen LogP contribution in [0.4, 0.5) is 4.79 Å². The highest BCUT2D eigenvalue weighted by Gasteiger charge is 2.38. The normalized spacial score (nSPS) is 13.5. The van der Waals surface area contributed by atoms with Crippen LogP contribution in [-0.2, 0) is 34.3 Å². The summed E-state index contributed by atoms with van der Waals surface area (Å²) in [6, 6.07) is 19.8. The molecule has 256 valence electrons. The number of amides is 1. The van der Waals surface area contributed by atoms with Crippen molar-refractivity contribution in [1.29, 1.82) is 5.26 Å². The molecule has 3 aromatic carbocycles. The average molecular weight is 683 g/mol. The van der Waals surface area contributed by atoms with Gasteiger partial charge in [0.2, 0.25) is 0 Å². The number of Topliss-reactive ketones (excluding diaryl/α,β-unsaturated/α-hetero) is 1. The van der Waals surface area contributed by atoms with Crippen molar-refractivity contribution in [3.63, 3.8) is 0 Å². The van der Waals surface area contributed by atoms with E-state index >= 15 is 0 Å². The van der Waals surface area contributed by atoms with Crippen molar-refractivity contribution in [3.8, 4) is 23.3 Å². The Kier molecular flexibility index (Phi) is 13.6. The van der Waals surface area contributed by atoms with Gasteiger partial charge >= 0.3 is 19.9 Å². The van der Waals surface area contributed by atoms with Gasteiger partial charge < -0.3 is 28.8 Å². The number of nitriles is 1. The van der Waals surface area contributed by atoms with Gasteiger partial charge in [0.1, 0.15) is 28.9 Å². The fourth-order valence-electron chi connectivity index (χ4n) is 4.24. The fourth-order valence-corrected chi connectivity index (χ4v) is 5.57. The molecule has 3 rings (SSSR count). The Hall–Kier alpha value is -4.89. The third-order valence-corrected chi connectivity index (χ3v) is 7.83. The van der Waals surface area contributed by atoms with Gasteiger partial charge in [0.15, 0.2) is 11.9 Å². The van der Waals surface area contributed by atoms with E-state index in [1.165, 1.54) is 45.6 Å². The van der Waals surface area contributed by atoms with E-state index in [-0.39, 0.29) is 36.3 Å². The lowest BCUT2D eigenvalue weighted by Crippen LogP contribution is -2.45. The van der Waals surface area contributed by atoms with Crippen LogP contribution in [0.3, 0.4) is 0 Å². The van der Waals surface area contributed by atoms with Crippen LogP contribution >= 0.6 is 7.82 Å². The minimum atomic E-state index is -4.62. The molecular formula is C34H39N2O11P. The van der Waals surface area contributed by atoms with E-state index in [1.807, 2.05) is 6.07 Å². The minimum Gasteiger partial charge on any atom is -0.497 e. The third-order valence-electron chi connectivity index (χ3n) is 6.43. The van der Waals surface area contributed by atoms with Gasteiger partial charge in [-0.05, 0) is 56.2 Å². The number of ether oxygens (including phenoxy) is 4. The number of carbonyl (C=O) groups is 3. The molecule has 0 heterocycles. The van der Waals surface area contributed by atoms with E-state index in [4.69, 9.17) is 37.8 Å². The van der Waals surface area contributed by atoms with E-state index in [2.05, 4.69) is 5.32 Å². The van der Waals surface area contributed by atoms with Crippen LogP contribution in [0, 0.1) is 11.3 Å². The van der Waals surface area contributed by atoms with Gasteiger partial charge in [0, 0.05) is 18.1 Å². The molecule has 14 heteroatoms. The van der Waals surface area contributed by atoms with Crippen molar-refractivity contribution in [2.24, 2.45) is 0 Å². The second-order valence-corrected chi connectivity index (χ2v) is 12.8. The molecule has 0 spiro atoms. The first-order chi connectivity index (χ1) is 22.8. The first kappa shape index (κ1) is 37.6. The summed E-state index contributed by atoms with van der Waals surface area (Å²) >= 11 is 0. The maximum atomic E-state index is 14.2. The molecule has 0 aliphatic rings. The summed E-state index contributed by atoms with van der Waals surface area (Å²) in [7, 11) is -0.536. The second kappa shape index (κ2) is 17.3. The van der Waals surface area contributed by atoms with Crippen molar-refractivity contribution < 1.29 is 51.5 Å². The van der Waals surface area contributed by atoms with Crippen molar-refractivity contribution in [1.82, 2.24) is 5.32 Å². The molecule has 1 amide bonds. The monoisotopic (exact) mass is 682 g/mol. The van der Waals surface area contributed by atoms with Crippen molar-refractivity contribution in [2.75, 3.05) is 27.9 Å². The van der Waals surface area contributed by atoms with E-state index in [1.54, 1.807) is 69.3 Å². The Morgan fingerprint density at radius 3 is 2.06 bits per heavy atom. The molecule has 0 saturated carbocycles. The van der Waals surface area contributed by atoms with Gasteiger partial charge in [0.25, 0.3) is 0 Å². The highest BCUT2D eigenvalue weighted by atomic mass is 31.2. The van der Waals surface area contributed by atoms with Crippen LogP contribution in [0.2, 0.25) is 0 Å². The summed E-state index contributed by atoms with van der Waals surface area (Å²) in [5, 5.41) is 11.6. The highest BCUT2D eigenvalue weighted by Crippen LogP contribution is 2.54. The molecule has 3 atom stereocenters. The topological polar surface area (TPSA) is 169 Å². The Balaban J connectivity index is 1.93. The number of carbonyl (C=O) groups excluding carboxylic acids is 3. The van der Waals surface area contributed by atoms with Crippen LogP contribution in [0.5, 0.6) is 17.2 Å². The van der Waals surface area contributed by atoms with Gasteiger partial charge in [-0.1, -0.05) is 42.5 Å². The number of alkyl carbamates (subject to hydrolysis) is 1. The highest BCUT2D eigenvalue weighted by molar-refractivity contribution is 7.49. The lowest BCUT2D eigenvalue weighted by atomic mass is 9.99. The summed E-state index contributed by atoms with van der Waals surface area (Å²) in [5.41, 5.74) is 0.306. The number of nitrogens with one attached hydrogen (secondary N) is 1. The van der Waals surface area contributed by atoms with E-state index in [0.717, 1.165) is 0 Å². The van der Waals surface area contributed by atoms with Crippen molar-refractivity contribution >= 4 is 25.7 Å². The van der Waals surface area contributed by atoms with Crippen LogP contribution in [-0.4, -0.2) is 57.4 Å². The first-order valence-electron chi connectivity index (χ1n) is 14.8. The Bertz CT molecular complexity index is 1610. The Morgan fingerprint density at radius 1 is 0.896 bits per heavy atom. The molecule has 0 aliphatic heterocycles. The average Bonchev–Trinajstić information content (AvgIpc) is 3.06. The standard InChI is InChI=1S/C34H39N2O11P/c1-34(2,3)45-33(39)36-29(32(38)43-6)19-23-13-15-26(16-14-23)46-48(40,44-18-10-17-35)47-31(30(37)24-11-8-7-9-12-24)25-20-27(41-4)22-28(21-25)42-5/h7-9,11-16,20-22,29,31H,10,18-19H2,1-6H3,(H,36,39)/t29-,31+,48?/m0/s1. The predicted octanol–water partition coefficient (Wildman–Crippen LogP) is 6.37. The second-order valence-electron chi connectivity index (χ2n) is 11.2. The van der Waals surface area contributed by atoms with E-state index in [0.29, 0.717) is 17.1 Å². The zero-order valence-corrected chi connectivity index (χ0v) is 28.5. The summed E-state index contributed by atoms with van der Waals surface area (Å²) in [6.07, 6.45) is -2.41.